The van der Waals surface area contributed by atoms with Crippen molar-refractivity contribution < 1.29 is 27.4 Å². The normalized spacial score (nSPS) is 18.9. The Morgan fingerprint density at radius 3 is 2.75 bits per heavy atom. The van der Waals surface area contributed by atoms with E-state index in [9.17, 15) is 18.0 Å². The number of benzene rings is 1. The molecule has 1 atom stereocenters. The smallest absolute Gasteiger partial charge is 0.404 e. The van der Waals surface area contributed by atoms with Crippen LogP contribution in [0.25, 0.3) is 0 Å². The number of nitrogen functional groups attached to an aromatic ring is 1. The molecular formula is C12H13F3N2O3. The van der Waals surface area contributed by atoms with Crippen LogP contribution in [0.1, 0.15) is 16.8 Å². The zero-order valence-corrected chi connectivity index (χ0v) is 10.4. The Hall–Kier alpha value is -1.96. The van der Waals surface area contributed by atoms with Crippen molar-refractivity contribution in [1.82, 2.24) is 5.32 Å². The number of halogens is 3. The molecule has 8 heteroatoms. The van der Waals surface area contributed by atoms with E-state index in [0.29, 0.717) is 19.6 Å². The average molecular weight is 290 g/mol. The summed E-state index contributed by atoms with van der Waals surface area (Å²) >= 11 is 0. The highest BCUT2D eigenvalue weighted by atomic mass is 19.4. The van der Waals surface area contributed by atoms with E-state index in [1.807, 2.05) is 0 Å². The molecule has 0 radical (unpaired) electrons. The number of alkyl halides is 3. The second kappa shape index (κ2) is 5.58. The first-order valence-electron chi connectivity index (χ1n) is 5.89. The fourth-order valence-electron chi connectivity index (χ4n) is 1.82. The number of amides is 1. The van der Waals surface area contributed by atoms with Gasteiger partial charge in [0.1, 0.15) is 0 Å². The van der Waals surface area contributed by atoms with Gasteiger partial charge in [0, 0.05) is 12.2 Å². The number of nitrogens with one attached hydrogen (secondary N) is 1. The molecule has 1 aromatic rings. The number of hydrogen-bond donors (Lipinski definition) is 2. The second-order valence-electron chi connectivity index (χ2n) is 4.33. The Morgan fingerprint density at radius 1 is 1.45 bits per heavy atom. The molecule has 1 aliphatic heterocycles. The summed E-state index contributed by atoms with van der Waals surface area (Å²) in [4.78, 5) is 11.9. The standard InChI is InChI=1S/C12H13F3N2O3/c13-12(14,15)20-10-2-1-7(5-9(10)16)11(18)17-8-3-4-19-6-8/h1-2,5,8H,3-4,6,16H2,(H,17,18). The van der Waals surface area contributed by atoms with E-state index >= 15 is 0 Å². The lowest BCUT2D eigenvalue weighted by Crippen LogP contribution is -2.35. The van der Waals surface area contributed by atoms with Gasteiger partial charge in [-0.25, -0.2) is 0 Å². The maximum absolute atomic E-state index is 12.1. The Morgan fingerprint density at radius 2 is 2.20 bits per heavy atom. The molecule has 1 fully saturated rings. The fourth-order valence-corrected chi connectivity index (χ4v) is 1.82. The molecule has 1 heterocycles. The fraction of sp³-hybridized carbons (Fsp3) is 0.417. The highest BCUT2D eigenvalue weighted by Crippen LogP contribution is 2.28. The summed E-state index contributed by atoms with van der Waals surface area (Å²) < 4.78 is 45.1. The minimum absolute atomic E-state index is 0.0881. The molecule has 1 unspecified atom stereocenters. The number of hydrogen-bond acceptors (Lipinski definition) is 4. The van der Waals surface area contributed by atoms with Gasteiger partial charge >= 0.3 is 6.36 Å². The van der Waals surface area contributed by atoms with Gasteiger partial charge in [0.15, 0.2) is 5.75 Å². The molecule has 0 saturated carbocycles. The van der Waals surface area contributed by atoms with Crippen molar-refractivity contribution in [3.05, 3.63) is 23.8 Å². The van der Waals surface area contributed by atoms with Crippen LogP contribution in [0.4, 0.5) is 18.9 Å². The van der Waals surface area contributed by atoms with Gasteiger partial charge in [-0.1, -0.05) is 0 Å². The van der Waals surface area contributed by atoms with Crippen molar-refractivity contribution in [3.8, 4) is 5.75 Å². The van der Waals surface area contributed by atoms with E-state index in [0.717, 1.165) is 12.1 Å². The largest absolute Gasteiger partial charge is 0.573 e. The SMILES string of the molecule is Nc1cc(C(=O)NC2CCOC2)ccc1OC(F)(F)F. The minimum atomic E-state index is -4.82. The van der Waals surface area contributed by atoms with Crippen LogP contribution >= 0.6 is 0 Å². The molecule has 2 rings (SSSR count). The summed E-state index contributed by atoms with van der Waals surface area (Å²) in [6.45, 7) is 1.00. The molecular weight excluding hydrogens is 277 g/mol. The van der Waals surface area contributed by atoms with Crippen LogP contribution in [-0.2, 0) is 4.74 Å². The molecule has 0 spiro atoms. The first-order valence-corrected chi connectivity index (χ1v) is 5.89. The lowest BCUT2D eigenvalue weighted by Gasteiger charge is -2.13. The van der Waals surface area contributed by atoms with Gasteiger partial charge in [0.25, 0.3) is 5.91 Å². The zero-order chi connectivity index (χ0) is 14.8. The monoisotopic (exact) mass is 290 g/mol. The van der Waals surface area contributed by atoms with E-state index in [4.69, 9.17) is 10.5 Å². The molecule has 3 N–H and O–H groups in total. The predicted molar refractivity (Wildman–Crippen MR) is 64.2 cm³/mol. The number of ether oxygens (including phenoxy) is 2. The summed E-state index contributed by atoms with van der Waals surface area (Å²) in [5.74, 6) is -0.941. The number of nitrogens with two attached hydrogens (primary N) is 1. The van der Waals surface area contributed by atoms with Gasteiger partial charge in [-0.15, -0.1) is 13.2 Å². The molecule has 1 amide bonds. The highest BCUT2D eigenvalue weighted by Gasteiger charge is 2.32. The Kier molecular flexibility index (Phi) is 4.03. The summed E-state index contributed by atoms with van der Waals surface area (Å²) in [5, 5.41) is 2.71. The van der Waals surface area contributed by atoms with Gasteiger partial charge in [-0.2, -0.15) is 0 Å². The molecule has 110 valence electrons. The maximum atomic E-state index is 12.1. The van der Waals surface area contributed by atoms with E-state index in [2.05, 4.69) is 10.1 Å². The van der Waals surface area contributed by atoms with Gasteiger partial charge in [0.05, 0.1) is 18.3 Å². The van der Waals surface area contributed by atoms with Crippen molar-refractivity contribution in [2.45, 2.75) is 18.8 Å². The lowest BCUT2D eigenvalue weighted by atomic mass is 10.1. The maximum Gasteiger partial charge on any atom is 0.573 e. The van der Waals surface area contributed by atoms with Crippen molar-refractivity contribution in [2.24, 2.45) is 0 Å². The van der Waals surface area contributed by atoms with Crippen molar-refractivity contribution >= 4 is 11.6 Å². The zero-order valence-electron chi connectivity index (χ0n) is 10.4. The van der Waals surface area contributed by atoms with Gasteiger partial charge in [-0.05, 0) is 24.6 Å². The minimum Gasteiger partial charge on any atom is -0.404 e. The third-order valence-corrected chi connectivity index (χ3v) is 2.76. The van der Waals surface area contributed by atoms with Crippen molar-refractivity contribution in [2.75, 3.05) is 18.9 Å². The van der Waals surface area contributed by atoms with Crippen LogP contribution in [0, 0.1) is 0 Å². The van der Waals surface area contributed by atoms with E-state index in [1.165, 1.54) is 6.07 Å². The van der Waals surface area contributed by atoms with Crippen LogP contribution in [0.2, 0.25) is 0 Å². The molecule has 0 bridgehead atoms. The van der Waals surface area contributed by atoms with Gasteiger partial charge < -0.3 is 20.5 Å². The predicted octanol–water partition coefficient (Wildman–Crippen LogP) is 1.69. The highest BCUT2D eigenvalue weighted by molar-refractivity contribution is 5.95. The molecule has 1 aromatic carbocycles. The van der Waals surface area contributed by atoms with E-state index < -0.39 is 18.0 Å². The third kappa shape index (κ3) is 3.77. The average Bonchev–Trinajstić information content (AvgIpc) is 2.83. The second-order valence-corrected chi connectivity index (χ2v) is 4.33. The first kappa shape index (κ1) is 14.4. The summed E-state index contributed by atoms with van der Waals surface area (Å²) in [5.41, 5.74) is 5.36. The lowest BCUT2D eigenvalue weighted by molar-refractivity contribution is -0.274. The Balaban J connectivity index is 2.06. The number of anilines is 1. The van der Waals surface area contributed by atoms with E-state index in [1.54, 1.807) is 0 Å². The third-order valence-electron chi connectivity index (χ3n) is 2.76. The van der Waals surface area contributed by atoms with Gasteiger partial charge in [-0.3, -0.25) is 4.79 Å². The van der Waals surface area contributed by atoms with Crippen LogP contribution in [0.5, 0.6) is 5.75 Å². The number of carbonyl (C=O) groups is 1. The first-order chi connectivity index (χ1) is 9.35. The quantitative estimate of drug-likeness (QED) is 0.831. The summed E-state index contributed by atoms with van der Waals surface area (Å²) in [7, 11) is 0. The molecule has 0 aliphatic carbocycles. The van der Waals surface area contributed by atoms with Crippen LogP contribution in [0.15, 0.2) is 18.2 Å². The van der Waals surface area contributed by atoms with Crippen LogP contribution in [-0.4, -0.2) is 31.5 Å². The molecule has 1 saturated heterocycles. The molecule has 1 aliphatic rings. The molecule has 20 heavy (non-hydrogen) atoms. The topological polar surface area (TPSA) is 73.6 Å². The molecule has 0 aromatic heterocycles. The summed E-state index contributed by atoms with van der Waals surface area (Å²) in [6, 6.07) is 3.30. The van der Waals surface area contributed by atoms with Crippen molar-refractivity contribution in [3.63, 3.8) is 0 Å². The van der Waals surface area contributed by atoms with Crippen LogP contribution < -0.4 is 15.8 Å². The summed E-state index contributed by atoms with van der Waals surface area (Å²) in [6.07, 6.45) is -4.12. The number of rotatable bonds is 3. The van der Waals surface area contributed by atoms with Crippen LogP contribution in [0.3, 0.4) is 0 Å². The van der Waals surface area contributed by atoms with Gasteiger partial charge in [0.2, 0.25) is 0 Å². The van der Waals surface area contributed by atoms with E-state index in [-0.39, 0.29) is 17.3 Å². The molecule has 5 nitrogen and oxygen atoms in total. The Bertz CT molecular complexity index is 499. The Labute approximate surface area is 112 Å². The number of carbonyl (C=O) groups excluding carboxylic acids is 1. The van der Waals surface area contributed by atoms with Crippen molar-refractivity contribution in [1.29, 1.82) is 0 Å².